The molecule has 1 amide bonds. The first kappa shape index (κ1) is 19.4. The van der Waals surface area contributed by atoms with E-state index in [1.165, 1.54) is 23.5 Å². The van der Waals surface area contributed by atoms with Crippen molar-refractivity contribution in [1.29, 1.82) is 0 Å². The summed E-state index contributed by atoms with van der Waals surface area (Å²) in [6, 6.07) is 12.9. The lowest BCUT2D eigenvalue weighted by molar-refractivity contribution is 0.0953. The molecule has 1 aliphatic heterocycles. The molecule has 0 unspecified atom stereocenters. The van der Waals surface area contributed by atoms with Crippen LogP contribution in [0.3, 0.4) is 0 Å². The summed E-state index contributed by atoms with van der Waals surface area (Å²) in [7, 11) is -3.84. The Kier molecular flexibility index (Phi) is 5.25. The minimum atomic E-state index is -3.84. The summed E-state index contributed by atoms with van der Waals surface area (Å²) in [6.45, 7) is -0.0374. The van der Waals surface area contributed by atoms with Gasteiger partial charge in [0.05, 0.1) is 4.90 Å². The number of halogens is 1. The number of nitrogens with one attached hydrogen (secondary N) is 1. The first-order valence-corrected chi connectivity index (χ1v) is 11.1. The summed E-state index contributed by atoms with van der Waals surface area (Å²) in [6.07, 6.45) is 0. The minimum Gasteiger partial charge on any atom is -0.454 e. The van der Waals surface area contributed by atoms with Gasteiger partial charge in [0.2, 0.25) is 6.79 Å². The summed E-state index contributed by atoms with van der Waals surface area (Å²) in [5, 5.41) is 3.46. The summed E-state index contributed by atoms with van der Waals surface area (Å²) in [5.41, 5.74) is 0.332. The van der Waals surface area contributed by atoms with Crippen LogP contribution in [-0.4, -0.2) is 27.7 Å². The second kappa shape index (κ2) is 7.84. The largest absolute Gasteiger partial charge is 0.454 e. The third kappa shape index (κ3) is 3.96. The zero-order chi connectivity index (χ0) is 20.4. The van der Waals surface area contributed by atoms with Crippen LogP contribution in [0.1, 0.15) is 20.5 Å². The third-order valence-corrected chi connectivity index (χ3v) is 7.69. The molecule has 29 heavy (non-hydrogen) atoms. The van der Waals surface area contributed by atoms with Crippen LogP contribution in [0.25, 0.3) is 0 Å². The van der Waals surface area contributed by atoms with E-state index in [0.717, 1.165) is 12.1 Å². The van der Waals surface area contributed by atoms with E-state index in [4.69, 9.17) is 9.47 Å². The van der Waals surface area contributed by atoms with Crippen molar-refractivity contribution in [3.05, 3.63) is 76.2 Å². The molecule has 2 heterocycles. The maximum absolute atomic E-state index is 13.2. The number of ether oxygens (including phenoxy) is 2. The lowest BCUT2D eigenvalue weighted by Gasteiger charge is -2.17. The number of carbonyl (C=O) groups excluding carboxylic acids is 1. The topological polar surface area (TPSA) is 81.7 Å². The number of amides is 1. The van der Waals surface area contributed by atoms with Crippen LogP contribution in [0.15, 0.2) is 64.9 Å². The van der Waals surface area contributed by atoms with Crippen molar-refractivity contribution in [2.24, 2.45) is 0 Å². The molecule has 6 nitrogen and oxygen atoms in total. The van der Waals surface area contributed by atoms with Gasteiger partial charge in [-0.3, -0.25) is 4.79 Å². The summed E-state index contributed by atoms with van der Waals surface area (Å²) in [4.78, 5) is 13.2. The molecular formula is C20H16FNO5S2. The maximum Gasteiger partial charge on any atom is 0.251 e. The SMILES string of the molecule is O=C(NC[C@H](c1cccs1)S(=O)(=O)c1ccc(F)cc1)c1ccc2c(c1)OCO2. The van der Waals surface area contributed by atoms with Gasteiger partial charge < -0.3 is 14.8 Å². The summed E-state index contributed by atoms with van der Waals surface area (Å²) < 4.78 is 50.0. The summed E-state index contributed by atoms with van der Waals surface area (Å²) >= 11 is 1.28. The van der Waals surface area contributed by atoms with Crippen LogP contribution >= 0.6 is 11.3 Å². The molecule has 0 fully saturated rings. The van der Waals surface area contributed by atoms with Crippen molar-refractivity contribution < 1.29 is 27.1 Å². The second-order valence-corrected chi connectivity index (χ2v) is 9.39. The third-order valence-electron chi connectivity index (χ3n) is 4.46. The smallest absolute Gasteiger partial charge is 0.251 e. The molecule has 0 spiro atoms. The van der Waals surface area contributed by atoms with E-state index in [0.29, 0.717) is 21.9 Å². The fourth-order valence-electron chi connectivity index (χ4n) is 2.95. The van der Waals surface area contributed by atoms with Gasteiger partial charge in [-0.15, -0.1) is 11.3 Å². The minimum absolute atomic E-state index is 0.00497. The van der Waals surface area contributed by atoms with E-state index < -0.39 is 26.8 Å². The zero-order valence-corrected chi connectivity index (χ0v) is 16.6. The maximum atomic E-state index is 13.2. The Morgan fingerprint density at radius 2 is 1.86 bits per heavy atom. The van der Waals surface area contributed by atoms with Crippen LogP contribution in [0.4, 0.5) is 4.39 Å². The fraction of sp³-hybridized carbons (Fsp3) is 0.150. The first-order valence-electron chi connectivity index (χ1n) is 8.66. The number of carbonyl (C=O) groups is 1. The molecule has 0 radical (unpaired) electrons. The van der Waals surface area contributed by atoms with E-state index in [-0.39, 0.29) is 18.2 Å². The Balaban J connectivity index is 1.57. The highest BCUT2D eigenvalue weighted by atomic mass is 32.2. The Morgan fingerprint density at radius 1 is 1.10 bits per heavy atom. The second-order valence-electron chi connectivity index (χ2n) is 6.28. The molecule has 0 saturated carbocycles. The van der Waals surface area contributed by atoms with Gasteiger partial charge >= 0.3 is 0 Å². The van der Waals surface area contributed by atoms with Crippen LogP contribution in [0.2, 0.25) is 0 Å². The molecule has 1 N–H and O–H groups in total. The Bertz CT molecular complexity index is 1130. The number of fused-ring (bicyclic) bond motifs is 1. The van der Waals surface area contributed by atoms with Crippen molar-refractivity contribution in [1.82, 2.24) is 5.32 Å². The van der Waals surface area contributed by atoms with Crippen molar-refractivity contribution >= 4 is 27.1 Å². The molecule has 2 aromatic carbocycles. The molecule has 0 saturated heterocycles. The highest BCUT2D eigenvalue weighted by Gasteiger charge is 2.30. The molecule has 4 rings (SSSR count). The Labute approximate surface area is 170 Å². The number of sulfone groups is 1. The van der Waals surface area contributed by atoms with E-state index in [1.807, 2.05) is 0 Å². The normalized spacial score (nSPS) is 13.8. The summed E-state index contributed by atoms with van der Waals surface area (Å²) in [5.74, 6) is 0.0650. The van der Waals surface area contributed by atoms with Crippen LogP contribution in [0.5, 0.6) is 11.5 Å². The zero-order valence-electron chi connectivity index (χ0n) is 15.0. The number of rotatable bonds is 6. The molecule has 0 bridgehead atoms. The number of thiophene rings is 1. The lowest BCUT2D eigenvalue weighted by atomic mass is 10.2. The molecular weight excluding hydrogens is 417 g/mol. The van der Waals surface area contributed by atoms with Crippen molar-refractivity contribution in [3.63, 3.8) is 0 Å². The van der Waals surface area contributed by atoms with E-state index in [9.17, 15) is 17.6 Å². The van der Waals surface area contributed by atoms with Crippen LogP contribution in [-0.2, 0) is 9.84 Å². The standard InChI is InChI=1S/C20H16FNO5S2/c21-14-4-6-15(7-5-14)29(24,25)19(18-2-1-9-28-18)11-22-20(23)13-3-8-16-17(10-13)27-12-26-16/h1-10,19H,11-12H2,(H,22,23)/t19-/m1/s1. The van der Waals surface area contributed by atoms with Gasteiger partial charge in [-0.25, -0.2) is 12.8 Å². The molecule has 150 valence electrons. The predicted molar refractivity (Wildman–Crippen MR) is 106 cm³/mol. The average Bonchev–Trinajstić information content (AvgIpc) is 3.39. The van der Waals surface area contributed by atoms with Gasteiger partial charge in [0, 0.05) is 17.0 Å². The Hall–Kier alpha value is -2.91. The average molecular weight is 433 g/mol. The van der Waals surface area contributed by atoms with Gasteiger partial charge in [-0.05, 0) is 53.9 Å². The first-order chi connectivity index (χ1) is 13.9. The molecule has 0 aliphatic carbocycles. The lowest BCUT2D eigenvalue weighted by Crippen LogP contribution is -2.31. The fourth-order valence-corrected chi connectivity index (χ4v) is 5.74. The van der Waals surface area contributed by atoms with Gasteiger partial charge in [0.1, 0.15) is 11.1 Å². The molecule has 1 atom stereocenters. The van der Waals surface area contributed by atoms with E-state index >= 15 is 0 Å². The number of benzene rings is 2. The van der Waals surface area contributed by atoms with Crippen molar-refractivity contribution in [2.75, 3.05) is 13.3 Å². The van der Waals surface area contributed by atoms with Crippen LogP contribution in [0, 0.1) is 5.82 Å². The highest BCUT2D eigenvalue weighted by Crippen LogP contribution is 2.33. The van der Waals surface area contributed by atoms with E-state index in [2.05, 4.69) is 5.32 Å². The number of hydrogen-bond acceptors (Lipinski definition) is 6. The molecule has 3 aromatic rings. The van der Waals surface area contributed by atoms with Gasteiger partial charge in [-0.2, -0.15) is 0 Å². The molecule has 1 aliphatic rings. The van der Waals surface area contributed by atoms with Crippen LogP contribution < -0.4 is 14.8 Å². The van der Waals surface area contributed by atoms with Gasteiger partial charge in [0.25, 0.3) is 5.91 Å². The van der Waals surface area contributed by atoms with E-state index in [1.54, 1.807) is 35.7 Å². The quantitative estimate of drug-likeness (QED) is 0.601. The van der Waals surface area contributed by atoms with Gasteiger partial charge in [0.15, 0.2) is 21.3 Å². The molecule has 1 aromatic heterocycles. The molecule has 9 heteroatoms. The highest BCUT2D eigenvalue weighted by molar-refractivity contribution is 7.91. The monoisotopic (exact) mass is 433 g/mol. The van der Waals surface area contributed by atoms with Gasteiger partial charge in [-0.1, -0.05) is 6.07 Å². The van der Waals surface area contributed by atoms with Crippen molar-refractivity contribution in [3.8, 4) is 11.5 Å². The predicted octanol–water partition coefficient (Wildman–Crippen LogP) is 3.56. The van der Waals surface area contributed by atoms with Crippen molar-refractivity contribution in [2.45, 2.75) is 10.1 Å². The Morgan fingerprint density at radius 3 is 2.59 bits per heavy atom. The number of hydrogen-bond donors (Lipinski definition) is 1.